The lowest BCUT2D eigenvalue weighted by Gasteiger charge is -2.11. The molecule has 132 valence electrons. The first kappa shape index (κ1) is 17.0. The monoisotopic (exact) mass is 342 g/mol. The molecule has 3 aromatic rings. The van der Waals surface area contributed by atoms with Crippen molar-refractivity contribution in [3.05, 3.63) is 35.3 Å². The second-order valence-corrected chi connectivity index (χ2v) is 5.65. The third kappa shape index (κ3) is 3.50. The van der Waals surface area contributed by atoms with Crippen molar-refractivity contribution in [1.29, 1.82) is 0 Å². The van der Waals surface area contributed by atoms with Gasteiger partial charge in [0.2, 0.25) is 0 Å². The molecule has 0 aliphatic carbocycles. The minimum absolute atomic E-state index is 0.526. The summed E-state index contributed by atoms with van der Waals surface area (Å²) < 4.78 is 15.9. The van der Waals surface area contributed by atoms with Crippen LogP contribution in [0.5, 0.6) is 11.5 Å². The van der Waals surface area contributed by atoms with Crippen LogP contribution in [0.3, 0.4) is 0 Å². The molecule has 1 N–H and O–H groups in total. The van der Waals surface area contributed by atoms with Gasteiger partial charge in [-0.2, -0.15) is 4.98 Å². The lowest BCUT2D eigenvalue weighted by molar-refractivity contribution is 0.354. The zero-order valence-electron chi connectivity index (χ0n) is 14.9. The molecule has 0 aliphatic rings. The van der Waals surface area contributed by atoms with Crippen LogP contribution in [0.15, 0.2) is 22.7 Å². The van der Waals surface area contributed by atoms with E-state index >= 15 is 0 Å². The summed E-state index contributed by atoms with van der Waals surface area (Å²) in [4.78, 5) is 8.81. The molecule has 0 radical (unpaired) electrons. The molecule has 0 saturated heterocycles. The number of aryl methyl sites for hydroxylation is 2. The lowest BCUT2D eigenvalue weighted by atomic mass is 10.1. The summed E-state index contributed by atoms with van der Waals surface area (Å²) >= 11 is 0. The number of benzene rings is 1. The van der Waals surface area contributed by atoms with E-state index in [-0.39, 0.29) is 0 Å². The maximum absolute atomic E-state index is 5.35. The summed E-state index contributed by atoms with van der Waals surface area (Å²) in [6, 6.07) is 5.93. The molecule has 0 fully saturated rings. The van der Waals surface area contributed by atoms with Gasteiger partial charge in [0.25, 0.3) is 5.71 Å². The van der Waals surface area contributed by atoms with Gasteiger partial charge in [-0.3, -0.25) is 0 Å². The largest absolute Gasteiger partial charge is 0.493 e. The number of hydrogen-bond donors (Lipinski definition) is 1. The highest BCUT2D eigenvalue weighted by Crippen LogP contribution is 2.28. The molecule has 0 aliphatic heterocycles. The van der Waals surface area contributed by atoms with Crippen LogP contribution >= 0.6 is 0 Å². The van der Waals surface area contributed by atoms with Crippen LogP contribution in [0.4, 0.5) is 5.82 Å². The van der Waals surface area contributed by atoms with Gasteiger partial charge in [0.1, 0.15) is 17.0 Å². The smallest absolute Gasteiger partial charge is 0.263 e. The van der Waals surface area contributed by atoms with E-state index in [1.807, 2.05) is 32.0 Å². The zero-order chi connectivity index (χ0) is 17.8. The van der Waals surface area contributed by atoms with Crippen LogP contribution in [0.1, 0.15) is 24.0 Å². The maximum Gasteiger partial charge on any atom is 0.263 e. The Kier molecular flexibility index (Phi) is 5.02. The number of anilines is 1. The Morgan fingerprint density at radius 1 is 1.12 bits per heavy atom. The number of hydrogen-bond acceptors (Lipinski definition) is 7. The minimum Gasteiger partial charge on any atom is -0.493 e. The fourth-order valence-electron chi connectivity index (χ4n) is 2.75. The summed E-state index contributed by atoms with van der Waals surface area (Å²) in [7, 11) is 3.27. The quantitative estimate of drug-likeness (QED) is 0.706. The van der Waals surface area contributed by atoms with Crippen molar-refractivity contribution >= 4 is 16.9 Å². The van der Waals surface area contributed by atoms with Gasteiger partial charge < -0.3 is 19.3 Å². The van der Waals surface area contributed by atoms with Crippen molar-refractivity contribution in [3.63, 3.8) is 0 Å². The van der Waals surface area contributed by atoms with E-state index in [1.165, 1.54) is 0 Å². The summed E-state index contributed by atoms with van der Waals surface area (Å²) in [6.07, 6.45) is 1.58. The van der Waals surface area contributed by atoms with Gasteiger partial charge in [-0.15, -0.1) is 0 Å². The predicted molar refractivity (Wildman–Crippen MR) is 95.5 cm³/mol. The Morgan fingerprint density at radius 3 is 2.64 bits per heavy atom. The van der Waals surface area contributed by atoms with Gasteiger partial charge in [0, 0.05) is 6.54 Å². The normalized spacial score (nSPS) is 10.9. The van der Waals surface area contributed by atoms with Gasteiger partial charge in [0.15, 0.2) is 11.5 Å². The van der Waals surface area contributed by atoms with Crippen LogP contribution in [0, 0.1) is 6.92 Å². The molecule has 0 saturated carbocycles. The fraction of sp³-hybridized carbons (Fsp3) is 0.389. The SMILES string of the molecule is CCc1noc2nc(C)nc(NCCc3ccc(OC)c(OC)c3)c12. The van der Waals surface area contributed by atoms with Crippen LogP contribution in [-0.2, 0) is 12.8 Å². The van der Waals surface area contributed by atoms with Crippen LogP contribution in [0.2, 0.25) is 0 Å². The van der Waals surface area contributed by atoms with Crippen LogP contribution < -0.4 is 14.8 Å². The highest BCUT2D eigenvalue weighted by atomic mass is 16.5. The third-order valence-electron chi connectivity index (χ3n) is 4.01. The van der Waals surface area contributed by atoms with E-state index < -0.39 is 0 Å². The number of nitrogens with one attached hydrogen (secondary N) is 1. The Labute approximate surface area is 146 Å². The second kappa shape index (κ2) is 7.38. The van der Waals surface area contributed by atoms with Crippen molar-refractivity contribution in [1.82, 2.24) is 15.1 Å². The highest BCUT2D eigenvalue weighted by molar-refractivity contribution is 5.87. The van der Waals surface area contributed by atoms with Gasteiger partial charge in [-0.1, -0.05) is 18.1 Å². The van der Waals surface area contributed by atoms with E-state index in [1.54, 1.807) is 14.2 Å². The molecule has 0 atom stereocenters. The molecular weight excluding hydrogens is 320 g/mol. The average Bonchev–Trinajstić information content (AvgIpc) is 3.04. The van der Waals surface area contributed by atoms with Crippen molar-refractivity contribution in [3.8, 4) is 11.5 Å². The minimum atomic E-state index is 0.526. The summed E-state index contributed by atoms with van der Waals surface area (Å²) in [5, 5.41) is 8.32. The first-order chi connectivity index (χ1) is 12.2. The number of nitrogens with zero attached hydrogens (tertiary/aromatic N) is 3. The second-order valence-electron chi connectivity index (χ2n) is 5.65. The first-order valence-electron chi connectivity index (χ1n) is 8.24. The molecule has 1 aromatic carbocycles. The topological polar surface area (TPSA) is 82.3 Å². The van der Waals surface area contributed by atoms with Gasteiger partial charge in [-0.25, -0.2) is 4.98 Å². The Balaban J connectivity index is 1.76. The fourth-order valence-corrected chi connectivity index (χ4v) is 2.75. The van der Waals surface area contributed by atoms with Crippen molar-refractivity contribution in [2.75, 3.05) is 26.1 Å². The predicted octanol–water partition coefficient (Wildman–Crippen LogP) is 3.16. The van der Waals surface area contributed by atoms with E-state index in [4.69, 9.17) is 14.0 Å². The van der Waals surface area contributed by atoms with Crippen LogP contribution in [0.25, 0.3) is 11.1 Å². The van der Waals surface area contributed by atoms with Crippen LogP contribution in [-0.4, -0.2) is 35.9 Å². The number of aromatic nitrogens is 3. The summed E-state index contributed by atoms with van der Waals surface area (Å²) in [5.41, 5.74) is 2.54. The molecule has 3 rings (SSSR count). The standard InChI is InChI=1S/C18H22N4O3/c1-5-13-16-17(20-11(2)21-18(16)25-22-13)19-9-8-12-6-7-14(23-3)15(10-12)24-4/h6-7,10H,5,8-9H2,1-4H3,(H,19,20,21). The van der Waals surface area contributed by atoms with Crippen molar-refractivity contribution < 1.29 is 14.0 Å². The van der Waals surface area contributed by atoms with E-state index in [2.05, 4.69) is 20.4 Å². The number of rotatable bonds is 7. The molecular formula is C18H22N4O3. The molecule has 7 nitrogen and oxygen atoms in total. The Morgan fingerprint density at radius 2 is 1.92 bits per heavy atom. The van der Waals surface area contributed by atoms with E-state index in [0.717, 1.165) is 53.3 Å². The molecule has 7 heteroatoms. The molecule has 0 amide bonds. The first-order valence-corrected chi connectivity index (χ1v) is 8.24. The Bertz CT molecular complexity index is 876. The molecule has 2 heterocycles. The third-order valence-corrected chi connectivity index (χ3v) is 4.01. The van der Waals surface area contributed by atoms with Gasteiger partial charge in [-0.05, 0) is 37.5 Å². The molecule has 0 spiro atoms. The molecule has 25 heavy (non-hydrogen) atoms. The molecule has 0 unspecified atom stereocenters. The Hall–Kier alpha value is -2.83. The zero-order valence-corrected chi connectivity index (χ0v) is 14.9. The lowest BCUT2D eigenvalue weighted by Crippen LogP contribution is -2.08. The number of fused-ring (bicyclic) bond motifs is 1. The molecule has 2 aromatic heterocycles. The average molecular weight is 342 g/mol. The number of methoxy groups -OCH3 is 2. The highest BCUT2D eigenvalue weighted by Gasteiger charge is 2.15. The van der Waals surface area contributed by atoms with E-state index in [0.29, 0.717) is 11.5 Å². The molecule has 0 bridgehead atoms. The van der Waals surface area contributed by atoms with Crippen molar-refractivity contribution in [2.24, 2.45) is 0 Å². The summed E-state index contributed by atoms with van der Waals surface area (Å²) in [5.74, 6) is 2.87. The summed E-state index contributed by atoms with van der Waals surface area (Å²) in [6.45, 7) is 4.59. The van der Waals surface area contributed by atoms with E-state index in [9.17, 15) is 0 Å². The number of ether oxygens (including phenoxy) is 2. The maximum atomic E-state index is 5.35. The van der Waals surface area contributed by atoms with Crippen molar-refractivity contribution in [2.45, 2.75) is 26.7 Å². The van der Waals surface area contributed by atoms with Gasteiger partial charge in [0.05, 0.1) is 19.9 Å². The van der Waals surface area contributed by atoms with Gasteiger partial charge >= 0.3 is 0 Å².